The van der Waals surface area contributed by atoms with Gasteiger partial charge < -0.3 is 15.4 Å². The molecule has 0 bridgehead atoms. The number of carbonyl (C=O) groups is 2. The Bertz CT molecular complexity index is 1160. The van der Waals surface area contributed by atoms with E-state index in [4.69, 9.17) is 0 Å². The van der Waals surface area contributed by atoms with Gasteiger partial charge in [0.2, 0.25) is 5.88 Å². The van der Waals surface area contributed by atoms with Gasteiger partial charge in [0.25, 0.3) is 17.5 Å². The second-order valence-electron chi connectivity index (χ2n) is 6.27. The molecule has 3 aromatic rings. The third-order valence-corrected chi connectivity index (χ3v) is 4.64. The Morgan fingerprint density at radius 3 is 2.80 bits per heavy atom. The molecule has 0 aliphatic rings. The van der Waals surface area contributed by atoms with Crippen molar-refractivity contribution in [1.29, 1.82) is 0 Å². The first kappa shape index (κ1) is 21.1. The normalized spacial score (nSPS) is 11.1. The first-order valence-electron chi connectivity index (χ1n) is 8.82. The highest BCUT2D eigenvalue weighted by Gasteiger charge is 2.13. The molecule has 1 aromatic heterocycles. The second-order valence-corrected chi connectivity index (χ2v) is 7.19. The summed E-state index contributed by atoms with van der Waals surface area (Å²) in [6, 6.07) is 10.7. The molecule has 0 fully saturated rings. The van der Waals surface area contributed by atoms with Crippen molar-refractivity contribution in [3.63, 3.8) is 0 Å². The van der Waals surface area contributed by atoms with Gasteiger partial charge in [-0.05, 0) is 30.7 Å². The molecular weight excluding hydrogens is 458 g/mol. The molecule has 2 amide bonds. The minimum absolute atomic E-state index is 0.0333. The fourth-order valence-electron chi connectivity index (χ4n) is 2.70. The Labute approximate surface area is 178 Å². The molecule has 30 heavy (non-hydrogen) atoms. The summed E-state index contributed by atoms with van der Waals surface area (Å²) in [6.07, 6.45) is 0.343. The molecule has 154 valence electrons. The number of aromatic nitrogens is 1. The number of aromatic hydroxyl groups is 1. The molecular formula is C19H16BrN5O5. The van der Waals surface area contributed by atoms with Crippen molar-refractivity contribution in [1.82, 2.24) is 10.3 Å². The SMILES string of the molecule is O=C(CCCNC(=O)c1cccc([N+](=O)[O-])c1)N=Nc1c(O)[nH]c2ccc(Br)cc12. The van der Waals surface area contributed by atoms with Crippen LogP contribution in [-0.2, 0) is 4.79 Å². The van der Waals surface area contributed by atoms with E-state index in [9.17, 15) is 24.8 Å². The van der Waals surface area contributed by atoms with Crippen LogP contribution in [0.2, 0.25) is 0 Å². The maximum Gasteiger partial charge on any atom is 0.270 e. The van der Waals surface area contributed by atoms with E-state index in [1.54, 1.807) is 18.2 Å². The van der Waals surface area contributed by atoms with Gasteiger partial charge in [0.1, 0.15) is 0 Å². The summed E-state index contributed by atoms with van der Waals surface area (Å²) >= 11 is 3.33. The van der Waals surface area contributed by atoms with Crippen LogP contribution < -0.4 is 5.32 Å². The van der Waals surface area contributed by atoms with Gasteiger partial charge >= 0.3 is 0 Å². The van der Waals surface area contributed by atoms with E-state index in [1.165, 1.54) is 24.3 Å². The molecule has 11 heteroatoms. The van der Waals surface area contributed by atoms with Crippen LogP contribution >= 0.6 is 15.9 Å². The van der Waals surface area contributed by atoms with Gasteiger partial charge in [0.05, 0.1) is 10.4 Å². The monoisotopic (exact) mass is 473 g/mol. The molecule has 0 aliphatic heterocycles. The van der Waals surface area contributed by atoms with Crippen LogP contribution in [0.15, 0.2) is 57.2 Å². The van der Waals surface area contributed by atoms with Gasteiger partial charge in [0.15, 0.2) is 5.69 Å². The average Bonchev–Trinajstić information content (AvgIpc) is 3.03. The fourth-order valence-corrected chi connectivity index (χ4v) is 3.06. The van der Waals surface area contributed by atoms with Crippen molar-refractivity contribution in [2.75, 3.05) is 6.54 Å². The molecule has 10 nitrogen and oxygen atoms in total. The maximum atomic E-state index is 12.0. The van der Waals surface area contributed by atoms with E-state index in [0.29, 0.717) is 17.3 Å². The zero-order valence-corrected chi connectivity index (χ0v) is 17.0. The third kappa shape index (κ3) is 5.06. The van der Waals surface area contributed by atoms with Crippen molar-refractivity contribution in [2.45, 2.75) is 12.8 Å². The quantitative estimate of drug-likeness (QED) is 0.201. The highest BCUT2D eigenvalue weighted by molar-refractivity contribution is 9.10. The number of hydrogen-bond acceptors (Lipinski definition) is 6. The summed E-state index contributed by atoms with van der Waals surface area (Å²) in [4.78, 5) is 36.9. The van der Waals surface area contributed by atoms with E-state index in [1.807, 2.05) is 0 Å². The van der Waals surface area contributed by atoms with Gasteiger partial charge in [-0.15, -0.1) is 10.2 Å². The number of nitrogens with zero attached hydrogens (tertiary/aromatic N) is 3. The Balaban J connectivity index is 1.51. The minimum atomic E-state index is -0.579. The zero-order chi connectivity index (χ0) is 21.7. The third-order valence-electron chi connectivity index (χ3n) is 4.15. The number of hydrogen-bond donors (Lipinski definition) is 3. The Morgan fingerprint density at radius 1 is 1.23 bits per heavy atom. The number of non-ortho nitro benzene ring substituents is 1. The number of nitro benzene ring substituents is 1. The summed E-state index contributed by atoms with van der Waals surface area (Å²) in [6.45, 7) is 0.189. The molecule has 0 spiro atoms. The number of benzene rings is 2. The van der Waals surface area contributed by atoms with Crippen molar-refractivity contribution in [3.05, 3.63) is 62.6 Å². The molecule has 0 radical (unpaired) electrons. The first-order valence-corrected chi connectivity index (χ1v) is 9.62. The molecule has 2 aromatic carbocycles. The van der Waals surface area contributed by atoms with Crippen LogP contribution in [0.4, 0.5) is 11.4 Å². The largest absolute Gasteiger partial charge is 0.493 e. The maximum absolute atomic E-state index is 12.0. The van der Waals surface area contributed by atoms with Gasteiger partial charge in [-0.25, -0.2) is 0 Å². The van der Waals surface area contributed by atoms with Gasteiger partial charge in [-0.1, -0.05) is 22.0 Å². The predicted octanol–water partition coefficient (Wildman–Crippen LogP) is 4.36. The molecule has 0 atom stereocenters. The summed E-state index contributed by atoms with van der Waals surface area (Å²) in [5, 5.41) is 31.4. The second kappa shape index (κ2) is 9.27. The lowest BCUT2D eigenvalue weighted by Gasteiger charge is -2.04. The van der Waals surface area contributed by atoms with E-state index in [2.05, 4.69) is 36.5 Å². The molecule has 0 saturated heterocycles. The van der Waals surface area contributed by atoms with Crippen molar-refractivity contribution in [2.24, 2.45) is 10.2 Å². The van der Waals surface area contributed by atoms with E-state index in [0.717, 1.165) is 4.47 Å². The van der Waals surface area contributed by atoms with E-state index < -0.39 is 16.7 Å². The molecule has 0 unspecified atom stereocenters. The number of nitro groups is 1. The van der Waals surface area contributed by atoms with Crippen molar-refractivity contribution in [3.8, 4) is 5.88 Å². The smallest absolute Gasteiger partial charge is 0.270 e. The fraction of sp³-hybridized carbons (Fsp3) is 0.158. The standard InChI is InChI=1S/C19H16BrN5O5/c20-12-6-7-15-14(10-12)17(19(28)22-15)24-23-16(26)5-2-8-21-18(27)11-3-1-4-13(9-11)25(29)30/h1,3-4,6-7,9-10,22,28H,2,5,8H2,(H,21,27). The van der Waals surface area contributed by atoms with Crippen molar-refractivity contribution < 1.29 is 19.6 Å². The molecule has 3 rings (SSSR count). The predicted molar refractivity (Wildman–Crippen MR) is 112 cm³/mol. The van der Waals surface area contributed by atoms with Crippen LogP contribution in [0.5, 0.6) is 5.88 Å². The number of amides is 2. The minimum Gasteiger partial charge on any atom is -0.493 e. The number of aromatic amines is 1. The highest BCUT2D eigenvalue weighted by Crippen LogP contribution is 2.36. The Kier molecular flexibility index (Phi) is 6.52. The Hall–Kier alpha value is -3.60. The lowest BCUT2D eigenvalue weighted by Crippen LogP contribution is -2.24. The number of halogens is 1. The molecule has 1 heterocycles. The molecule has 3 N–H and O–H groups in total. The number of nitrogens with one attached hydrogen (secondary N) is 2. The van der Waals surface area contributed by atoms with Crippen LogP contribution in [0.25, 0.3) is 10.9 Å². The summed E-state index contributed by atoms with van der Waals surface area (Å²) in [5.41, 5.74) is 0.807. The number of H-pyrrole nitrogens is 1. The summed E-state index contributed by atoms with van der Waals surface area (Å²) in [7, 11) is 0. The Morgan fingerprint density at radius 2 is 2.03 bits per heavy atom. The van der Waals surface area contributed by atoms with Crippen LogP contribution in [-0.4, -0.2) is 33.4 Å². The number of fused-ring (bicyclic) bond motifs is 1. The number of carbonyl (C=O) groups excluding carboxylic acids is 2. The van der Waals surface area contributed by atoms with E-state index >= 15 is 0 Å². The van der Waals surface area contributed by atoms with Crippen molar-refractivity contribution >= 4 is 50.0 Å². The van der Waals surface area contributed by atoms with Crippen LogP contribution in [0, 0.1) is 10.1 Å². The zero-order valence-electron chi connectivity index (χ0n) is 15.5. The highest BCUT2D eigenvalue weighted by atomic mass is 79.9. The van der Waals surface area contributed by atoms with Crippen LogP contribution in [0.1, 0.15) is 23.2 Å². The van der Waals surface area contributed by atoms with Crippen LogP contribution in [0.3, 0.4) is 0 Å². The number of azo groups is 1. The molecule has 0 saturated carbocycles. The number of rotatable bonds is 7. The van der Waals surface area contributed by atoms with Gasteiger partial charge in [0, 0.05) is 40.5 Å². The van der Waals surface area contributed by atoms with Gasteiger partial charge in [-0.2, -0.15) is 0 Å². The average molecular weight is 474 g/mol. The first-order chi connectivity index (χ1) is 14.3. The van der Waals surface area contributed by atoms with Gasteiger partial charge in [-0.3, -0.25) is 19.7 Å². The summed E-state index contributed by atoms with van der Waals surface area (Å²) < 4.78 is 0.788. The topological polar surface area (TPSA) is 150 Å². The summed E-state index contributed by atoms with van der Waals surface area (Å²) in [5.74, 6) is -1.17. The molecule has 0 aliphatic carbocycles. The van der Waals surface area contributed by atoms with E-state index in [-0.39, 0.29) is 35.8 Å². The lowest BCUT2D eigenvalue weighted by atomic mass is 10.2. The lowest BCUT2D eigenvalue weighted by molar-refractivity contribution is -0.384.